The van der Waals surface area contributed by atoms with E-state index in [1.165, 1.54) is 0 Å². The molecule has 5 rings (SSSR count). The number of amides is 1. The van der Waals surface area contributed by atoms with E-state index < -0.39 is 0 Å². The van der Waals surface area contributed by atoms with Crippen molar-refractivity contribution in [3.63, 3.8) is 0 Å². The van der Waals surface area contributed by atoms with Gasteiger partial charge in [-0.3, -0.25) is 9.59 Å². The van der Waals surface area contributed by atoms with Crippen LogP contribution in [-0.4, -0.2) is 59.6 Å². The SMILES string of the molecule is Cc1cc(C)c(CN2CCc3c(-c4ccc(N5CCNCC5)nc4)cc(OC(C)C)c(Cl)c3C2=O)c(=O)[nH]1. The number of piperazine rings is 1. The Morgan fingerprint density at radius 2 is 1.87 bits per heavy atom. The van der Waals surface area contributed by atoms with Gasteiger partial charge in [0.2, 0.25) is 0 Å². The molecule has 0 aliphatic carbocycles. The second-order valence-electron chi connectivity index (χ2n) is 10.3. The van der Waals surface area contributed by atoms with Crippen molar-refractivity contribution < 1.29 is 9.53 Å². The lowest BCUT2D eigenvalue weighted by Gasteiger charge is -2.32. The average molecular weight is 536 g/mol. The van der Waals surface area contributed by atoms with E-state index in [0.717, 1.165) is 59.9 Å². The molecule has 1 saturated heterocycles. The van der Waals surface area contributed by atoms with Crippen LogP contribution in [0.5, 0.6) is 5.75 Å². The Morgan fingerprint density at radius 1 is 1.11 bits per heavy atom. The minimum Gasteiger partial charge on any atom is -0.489 e. The molecule has 0 unspecified atom stereocenters. The summed E-state index contributed by atoms with van der Waals surface area (Å²) in [4.78, 5) is 38.1. The summed E-state index contributed by atoms with van der Waals surface area (Å²) in [6, 6.07) is 7.95. The zero-order chi connectivity index (χ0) is 27.0. The van der Waals surface area contributed by atoms with Gasteiger partial charge in [-0.05, 0) is 75.1 Å². The smallest absolute Gasteiger partial charge is 0.256 e. The number of fused-ring (bicyclic) bond motifs is 1. The number of ether oxygens (including phenoxy) is 1. The Labute approximate surface area is 228 Å². The number of carbonyl (C=O) groups excluding carboxylic acids is 1. The average Bonchev–Trinajstić information content (AvgIpc) is 2.89. The van der Waals surface area contributed by atoms with Gasteiger partial charge in [-0.1, -0.05) is 11.6 Å². The van der Waals surface area contributed by atoms with Crippen molar-refractivity contribution >= 4 is 23.3 Å². The van der Waals surface area contributed by atoms with Crippen molar-refractivity contribution in [1.82, 2.24) is 20.2 Å². The van der Waals surface area contributed by atoms with Crippen molar-refractivity contribution in [2.75, 3.05) is 37.6 Å². The number of hydrogen-bond donors (Lipinski definition) is 2. The Balaban J connectivity index is 1.53. The van der Waals surface area contributed by atoms with Crippen LogP contribution in [0.4, 0.5) is 5.82 Å². The van der Waals surface area contributed by atoms with E-state index in [4.69, 9.17) is 21.3 Å². The molecule has 2 aliphatic heterocycles. The van der Waals surface area contributed by atoms with E-state index in [1.807, 2.05) is 52.1 Å². The Morgan fingerprint density at radius 3 is 2.53 bits per heavy atom. The molecule has 2 aliphatic rings. The van der Waals surface area contributed by atoms with Gasteiger partial charge in [0.15, 0.2) is 0 Å². The highest BCUT2D eigenvalue weighted by molar-refractivity contribution is 6.35. The summed E-state index contributed by atoms with van der Waals surface area (Å²) in [6.07, 6.45) is 2.36. The van der Waals surface area contributed by atoms with Crippen LogP contribution in [0, 0.1) is 13.8 Å². The molecule has 3 aromatic rings. The largest absolute Gasteiger partial charge is 0.489 e. The highest BCUT2D eigenvalue weighted by Gasteiger charge is 2.32. The number of H-pyrrole nitrogens is 1. The van der Waals surface area contributed by atoms with Gasteiger partial charge in [0.05, 0.1) is 23.2 Å². The minimum atomic E-state index is -0.198. The number of rotatable bonds is 6. The predicted octanol–water partition coefficient (Wildman–Crippen LogP) is 4.10. The molecule has 0 spiro atoms. The van der Waals surface area contributed by atoms with Gasteiger partial charge in [-0.2, -0.15) is 0 Å². The number of anilines is 1. The van der Waals surface area contributed by atoms with Crippen LogP contribution in [0.15, 0.2) is 35.3 Å². The van der Waals surface area contributed by atoms with Gasteiger partial charge in [-0.15, -0.1) is 0 Å². The number of aromatic amines is 1. The lowest BCUT2D eigenvalue weighted by atomic mass is 9.90. The number of aromatic nitrogens is 2. The number of aryl methyl sites for hydroxylation is 2. The number of hydrogen-bond acceptors (Lipinski definition) is 6. The molecule has 0 radical (unpaired) electrons. The quantitative estimate of drug-likeness (QED) is 0.494. The second kappa shape index (κ2) is 10.8. The molecule has 4 heterocycles. The van der Waals surface area contributed by atoms with Crippen molar-refractivity contribution in [1.29, 1.82) is 0 Å². The molecule has 0 atom stereocenters. The highest BCUT2D eigenvalue weighted by atomic mass is 35.5. The summed E-state index contributed by atoms with van der Waals surface area (Å²) < 4.78 is 6.05. The second-order valence-corrected chi connectivity index (χ2v) is 10.7. The predicted molar refractivity (Wildman–Crippen MR) is 151 cm³/mol. The summed E-state index contributed by atoms with van der Waals surface area (Å²) in [5.74, 6) is 1.22. The maximum absolute atomic E-state index is 13.9. The van der Waals surface area contributed by atoms with Gasteiger partial charge in [0, 0.05) is 55.7 Å². The molecular weight excluding hydrogens is 502 g/mol. The molecule has 1 amide bonds. The number of pyridine rings is 2. The molecule has 8 nitrogen and oxygen atoms in total. The molecule has 2 aromatic heterocycles. The number of halogens is 1. The summed E-state index contributed by atoms with van der Waals surface area (Å²) in [6.45, 7) is 12.0. The van der Waals surface area contributed by atoms with E-state index >= 15 is 0 Å². The monoisotopic (exact) mass is 535 g/mol. The van der Waals surface area contributed by atoms with Crippen molar-refractivity contribution in [2.24, 2.45) is 0 Å². The van der Waals surface area contributed by atoms with Crippen molar-refractivity contribution in [3.05, 3.63) is 73.8 Å². The van der Waals surface area contributed by atoms with Crippen LogP contribution in [0.25, 0.3) is 11.1 Å². The van der Waals surface area contributed by atoms with Crippen LogP contribution in [0.3, 0.4) is 0 Å². The van der Waals surface area contributed by atoms with E-state index in [9.17, 15) is 9.59 Å². The van der Waals surface area contributed by atoms with Crippen LogP contribution >= 0.6 is 11.6 Å². The van der Waals surface area contributed by atoms with E-state index in [-0.39, 0.29) is 24.1 Å². The first-order valence-corrected chi connectivity index (χ1v) is 13.5. The first kappa shape index (κ1) is 26.3. The van der Waals surface area contributed by atoms with Gasteiger partial charge in [-0.25, -0.2) is 4.98 Å². The zero-order valence-electron chi connectivity index (χ0n) is 22.4. The first-order chi connectivity index (χ1) is 18.2. The first-order valence-electron chi connectivity index (χ1n) is 13.2. The molecule has 38 heavy (non-hydrogen) atoms. The van der Waals surface area contributed by atoms with E-state index in [0.29, 0.717) is 34.9 Å². The van der Waals surface area contributed by atoms with Crippen LogP contribution in [-0.2, 0) is 13.0 Å². The summed E-state index contributed by atoms with van der Waals surface area (Å²) in [7, 11) is 0. The number of nitrogens with one attached hydrogen (secondary N) is 2. The number of carbonyl (C=O) groups is 1. The lowest BCUT2D eigenvalue weighted by molar-refractivity contribution is 0.0725. The van der Waals surface area contributed by atoms with E-state index in [2.05, 4.69) is 21.3 Å². The normalized spacial score (nSPS) is 15.7. The Hall–Kier alpha value is -3.36. The molecular formula is C29H34ClN5O3. The fourth-order valence-electron chi connectivity index (χ4n) is 5.30. The molecule has 2 N–H and O–H groups in total. The molecule has 1 fully saturated rings. The zero-order valence-corrected chi connectivity index (χ0v) is 23.1. The third kappa shape index (κ3) is 5.15. The molecule has 0 saturated carbocycles. The summed E-state index contributed by atoms with van der Waals surface area (Å²) in [5.41, 5.74) is 5.23. The van der Waals surface area contributed by atoms with Gasteiger partial charge < -0.3 is 24.8 Å². The fraction of sp³-hybridized carbons (Fsp3) is 0.414. The number of nitrogens with zero attached hydrogens (tertiary/aromatic N) is 3. The molecule has 1 aromatic carbocycles. The maximum atomic E-state index is 13.9. The Kier molecular flexibility index (Phi) is 7.45. The molecule has 0 bridgehead atoms. The van der Waals surface area contributed by atoms with Gasteiger partial charge >= 0.3 is 0 Å². The lowest BCUT2D eigenvalue weighted by Crippen LogP contribution is -2.43. The summed E-state index contributed by atoms with van der Waals surface area (Å²) >= 11 is 6.83. The maximum Gasteiger partial charge on any atom is 0.256 e. The topological polar surface area (TPSA) is 90.6 Å². The minimum absolute atomic E-state index is 0.116. The van der Waals surface area contributed by atoms with Crippen LogP contribution in [0.1, 0.15) is 46.6 Å². The Bertz CT molecular complexity index is 1410. The third-order valence-electron chi connectivity index (χ3n) is 7.18. The van der Waals surface area contributed by atoms with E-state index in [1.54, 1.807) is 4.90 Å². The van der Waals surface area contributed by atoms with Crippen molar-refractivity contribution in [3.8, 4) is 16.9 Å². The van der Waals surface area contributed by atoms with Gasteiger partial charge in [0.25, 0.3) is 11.5 Å². The van der Waals surface area contributed by atoms with Crippen molar-refractivity contribution in [2.45, 2.75) is 46.8 Å². The van der Waals surface area contributed by atoms with Crippen LogP contribution < -0.4 is 20.5 Å². The highest BCUT2D eigenvalue weighted by Crippen LogP contribution is 2.41. The standard InChI is InChI=1S/C29H34ClN5O3/c1-17(2)38-24-14-22(20-5-6-25(32-15-20)34-11-8-31-9-12-34)21-7-10-35(29(37)26(21)27(24)30)16-23-18(3)13-19(4)33-28(23)36/h5-6,13-15,17,31H,7-12,16H2,1-4H3,(H,33,36). The molecule has 9 heteroatoms. The van der Waals surface area contributed by atoms with Crippen LogP contribution in [0.2, 0.25) is 5.02 Å². The number of benzene rings is 1. The molecule has 200 valence electrons. The third-order valence-corrected chi connectivity index (χ3v) is 7.55. The summed E-state index contributed by atoms with van der Waals surface area (Å²) in [5, 5.41) is 3.68. The fourth-order valence-corrected chi connectivity index (χ4v) is 5.60. The van der Waals surface area contributed by atoms with Gasteiger partial charge in [0.1, 0.15) is 11.6 Å².